The first-order chi connectivity index (χ1) is 14.1. The Labute approximate surface area is 173 Å². The number of rotatable bonds is 5. The van der Waals surface area contributed by atoms with Gasteiger partial charge in [0.2, 0.25) is 0 Å². The Hall–Kier alpha value is -2.99. The molecule has 5 rings (SSSR count). The third-order valence-corrected chi connectivity index (χ3v) is 6.51. The van der Waals surface area contributed by atoms with Crippen LogP contribution in [0.4, 0.5) is 5.69 Å². The van der Waals surface area contributed by atoms with Gasteiger partial charge in [0.1, 0.15) is 5.75 Å². The van der Waals surface area contributed by atoms with Crippen molar-refractivity contribution in [2.45, 2.75) is 25.4 Å². The Balaban J connectivity index is 1.40. The first-order valence-corrected chi connectivity index (χ1v) is 10.5. The van der Waals surface area contributed by atoms with Gasteiger partial charge in [-0.2, -0.15) is 0 Å². The summed E-state index contributed by atoms with van der Waals surface area (Å²) in [5.41, 5.74) is 2.92. The van der Waals surface area contributed by atoms with Crippen molar-refractivity contribution < 1.29 is 19.4 Å². The zero-order valence-corrected chi connectivity index (χ0v) is 16.9. The molecule has 1 fully saturated rings. The predicted molar refractivity (Wildman–Crippen MR) is 113 cm³/mol. The first-order valence-electron chi connectivity index (χ1n) is 9.71. The van der Waals surface area contributed by atoms with E-state index in [1.807, 2.05) is 12.1 Å². The minimum atomic E-state index is -0.0103. The Morgan fingerprint density at radius 1 is 1.10 bits per heavy atom. The molecule has 1 aliphatic carbocycles. The van der Waals surface area contributed by atoms with Gasteiger partial charge in [-0.15, -0.1) is 11.3 Å². The fraction of sp³-hybridized carbons (Fsp3) is 0.261. The number of methoxy groups -OCH3 is 1. The number of phenolic OH excluding ortho intramolecular Hbond substituents is 1. The summed E-state index contributed by atoms with van der Waals surface area (Å²) in [7, 11) is 1.50. The number of nitrogens with zero attached hydrogens (tertiary/aromatic N) is 1. The molecule has 1 amide bonds. The maximum absolute atomic E-state index is 13.1. The van der Waals surface area contributed by atoms with Gasteiger partial charge in [0.05, 0.1) is 18.1 Å². The van der Waals surface area contributed by atoms with E-state index in [0.717, 1.165) is 51.6 Å². The molecule has 0 radical (unpaired) electrons. The number of fused-ring (bicyclic) bond motifs is 1. The lowest BCUT2D eigenvalue weighted by molar-refractivity contribution is 0.0985. The lowest BCUT2D eigenvalue weighted by Gasteiger charge is -2.27. The van der Waals surface area contributed by atoms with E-state index >= 15 is 0 Å². The summed E-state index contributed by atoms with van der Waals surface area (Å²) in [5.74, 6) is 1.32. The number of anilines is 1. The molecule has 2 aliphatic rings. The lowest BCUT2D eigenvalue weighted by Crippen LogP contribution is -2.36. The molecular formula is C23H21NO4S. The number of phenols is 1. The van der Waals surface area contributed by atoms with E-state index < -0.39 is 0 Å². The zero-order valence-electron chi connectivity index (χ0n) is 16.1. The van der Waals surface area contributed by atoms with Crippen LogP contribution in [0.3, 0.4) is 0 Å². The van der Waals surface area contributed by atoms with Crippen molar-refractivity contribution >= 4 is 22.9 Å². The number of ether oxygens (including phenoxy) is 2. The van der Waals surface area contributed by atoms with Crippen LogP contribution < -0.4 is 14.4 Å². The fourth-order valence-corrected chi connectivity index (χ4v) is 4.72. The molecule has 2 aromatic carbocycles. The third kappa shape index (κ3) is 3.44. The second kappa shape index (κ2) is 7.12. The Bertz CT molecular complexity index is 1070. The van der Waals surface area contributed by atoms with Crippen LogP contribution in [0.1, 0.15) is 28.1 Å². The number of benzene rings is 2. The molecule has 1 aromatic heterocycles. The zero-order chi connectivity index (χ0) is 20.0. The van der Waals surface area contributed by atoms with E-state index in [0.29, 0.717) is 18.4 Å². The summed E-state index contributed by atoms with van der Waals surface area (Å²) in [6.07, 6.45) is 3.47. The average molecular weight is 407 g/mol. The van der Waals surface area contributed by atoms with E-state index in [4.69, 9.17) is 9.47 Å². The molecule has 1 aliphatic heterocycles. The van der Waals surface area contributed by atoms with Crippen molar-refractivity contribution in [3.63, 3.8) is 0 Å². The Morgan fingerprint density at radius 3 is 2.62 bits per heavy atom. The largest absolute Gasteiger partial charge is 0.504 e. The minimum absolute atomic E-state index is 0.0103. The lowest BCUT2D eigenvalue weighted by atomic mass is 10.1. The second-order valence-electron chi connectivity index (χ2n) is 7.37. The molecular weight excluding hydrogens is 386 g/mol. The highest BCUT2D eigenvalue weighted by atomic mass is 32.1. The normalized spacial score (nSPS) is 15.9. The van der Waals surface area contributed by atoms with Crippen LogP contribution in [-0.2, 0) is 6.42 Å². The van der Waals surface area contributed by atoms with Gasteiger partial charge in [-0.1, -0.05) is 0 Å². The predicted octanol–water partition coefficient (Wildman–Crippen LogP) is 4.87. The molecule has 3 aromatic rings. The van der Waals surface area contributed by atoms with Crippen LogP contribution >= 0.6 is 11.3 Å². The number of thiophene rings is 1. The van der Waals surface area contributed by atoms with Gasteiger partial charge in [-0.05, 0) is 72.9 Å². The van der Waals surface area contributed by atoms with Crippen LogP contribution in [0.5, 0.6) is 17.2 Å². The molecule has 1 N–H and O–H groups in total. The van der Waals surface area contributed by atoms with Crippen LogP contribution in [-0.4, -0.2) is 30.8 Å². The van der Waals surface area contributed by atoms with Gasteiger partial charge >= 0.3 is 0 Å². The number of carbonyl (C=O) groups excluding carboxylic acids is 1. The van der Waals surface area contributed by atoms with E-state index in [1.54, 1.807) is 23.1 Å². The molecule has 0 atom stereocenters. The maximum Gasteiger partial charge on any atom is 0.268 e. The second-order valence-corrected chi connectivity index (χ2v) is 8.42. The number of carbonyl (C=O) groups is 1. The van der Waals surface area contributed by atoms with Gasteiger partial charge in [0.15, 0.2) is 11.5 Å². The van der Waals surface area contributed by atoms with E-state index in [-0.39, 0.29) is 11.7 Å². The third-order valence-electron chi connectivity index (χ3n) is 5.29. The van der Waals surface area contributed by atoms with Crippen LogP contribution in [0.2, 0.25) is 0 Å². The fourth-order valence-electron chi connectivity index (χ4n) is 3.55. The van der Waals surface area contributed by atoms with Gasteiger partial charge in [-0.3, -0.25) is 4.79 Å². The van der Waals surface area contributed by atoms with Crippen LogP contribution in [0.25, 0.3) is 10.4 Å². The van der Waals surface area contributed by atoms with Crippen molar-refractivity contribution in [2.75, 3.05) is 18.6 Å². The molecule has 148 valence electrons. The summed E-state index contributed by atoms with van der Waals surface area (Å²) < 4.78 is 11.0. The van der Waals surface area contributed by atoms with Gasteiger partial charge < -0.3 is 19.5 Å². The topological polar surface area (TPSA) is 59.0 Å². The molecule has 29 heavy (non-hydrogen) atoms. The average Bonchev–Trinajstić information content (AvgIpc) is 3.44. The van der Waals surface area contributed by atoms with E-state index in [9.17, 15) is 9.90 Å². The van der Waals surface area contributed by atoms with Gasteiger partial charge in [0.25, 0.3) is 5.91 Å². The molecule has 0 saturated heterocycles. The van der Waals surface area contributed by atoms with Gasteiger partial charge in [0, 0.05) is 23.2 Å². The molecule has 2 heterocycles. The summed E-state index contributed by atoms with van der Waals surface area (Å²) in [5, 5.41) is 9.82. The molecule has 0 spiro atoms. The quantitative estimate of drug-likeness (QED) is 0.655. The standard InChI is InChI=1S/C23H21NO4S/c1-27-20-13-16(4-9-19(20)25)24-11-10-15-12-21(29-22(15)23(24)26)14-2-5-17(6-3-14)28-18-7-8-18/h2-6,9,12-13,18,25H,7-8,10-11H2,1H3. The van der Waals surface area contributed by atoms with E-state index in [2.05, 4.69) is 18.2 Å². The Morgan fingerprint density at radius 2 is 1.90 bits per heavy atom. The SMILES string of the molecule is COc1cc(N2CCc3cc(-c4ccc(OC5CC5)cc4)sc3C2=O)ccc1O. The molecule has 0 bridgehead atoms. The van der Waals surface area contributed by atoms with Crippen molar-refractivity contribution in [1.29, 1.82) is 0 Å². The highest BCUT2D eigenvalue weighted by Crippen LogP contribution is 2.38. The first kappa shape index (κ1) is 18.1. The monoisotopic (exact) mass is 407 g/mol. The highest BCUT2D eigenvalue weighted by molar-refractivity contribution is 7.17. The number of aromatic hydroxyl groups is 1. The van der Waals surface area contributed by atoms with Crippen molar-refractivity contribution in [2.24, 2.45) is 0 Å². The van der Waals surface area contributed by atoms with Crippen LogP contribution in [0, 0.1) is 0 Å². The molecule has 1 saturated carbocycles. The van der Waals surface area contributed by atoms with Crippen LogP contribution in [0.15, 0.2) is 48.5 Å². The summed E-state index contributed by atoms with van der Waals surface area (Å²) in [6.45, 7) is 0.601. The number of hydrogen-bond acceptors (Lipinski definition) is 5. The maximum atomic E-state index is 13.1. The smallest absolute Gasteiger partial charge is 0.268 e. The van der Waals surface area contributed by atoms with Crippen molar-refractivity contribution in [3.8, 4) is 27.7 Å². The summed E-state index contributed by atoms with van der Waals surface area (Å²) >= 11 is 1.53. The van der Waals surface area contributed by atoms with Gasteiger partial charge in [-0.25, -0.2) is 0 Å². The number of amides is 1. The van der Waals surface area contributed by atoms with Crippen molar-refractivity contribution in [1.82, 2.24) is 0 Å². The summed E-state index contributed by atoms with van der Waals surface area (Å²) in [4.78, 5) is 16.8. The molecule has 0 unspecified atom stereocenters. The minimum Gasteiger partial charge on any atom is -0.504 e. The molecule has 6 heteroatoms. The number of hydrogen-bond donors (Lipinski definition) is 1. The molecule has 5 nitrogen and oxygen atoms in total. The van der Waals surface area contributed by atoms with Crippen molar-refractivity contribution in [3.05, 3.63) is 59.0 Å². The van der Waals surface area contributed by atoms with E-state index in [1.165, 1.54) is 18.4 Å². The Kier molecular flexibility index (Phi) is 4.43. The summed E-state index contributed by atoms with van der Waals surface area (Å²) in [6, 6.07) is 15.3. The highest BCUT2D eigenvalue weighted by Gasteiger charge is 2.29.